The first-order valence-electron chi connectivity index (χ1n) is 13.4. The van der Waals surface area contributed by atoms with Crippen LogP contribution in [0.15, 0.2) is 121 Å². The van der Waals surface area contributed by atoms with Crippen LogP contribution in [0.2, 0.25) is 0 Å². The van der Waals surface area contributed by atoms with Crippen LogP contribution in [0.5, 0.6) is 0 Å². The summed E-state index contributed by atoms with van der Waals surface area (Å²) in [5.74, 6) is 1.19. The molecule has 0 radical (unpaired) electrons. The van der Waals surface area contributed by atoms with Crippen molar-refractivity contribution in [1.82, 2.24) is 14.1 Å². The Morgan fingerprint density at radius 3 is 2.10 bits per heavy atom. The monoisotopic (exact) mass is 497 g/mol. The molecule has 0 saturated carbocycles. The second-order valence-electron chi connectivity index (χ2n) is 10.5. The highest BCUT2D eigenvalue weighted by atomic mass is 15.4. The van der Waals surface area contributed by atoms with Crippen LogP contribution in [0.3, 0.4) is 0 Å². The largest absolute Gasteiger partial charge is 0.460 e. The summed E-state index contributed by atoms with van der Waals surface area (Å²) < 4.78 is 4.81. The van der Waals surface area contributed by atoms with Crippen molar-refractivity contribution in [1.29, 1.82) is 0 Å². The summed E-state index contributed by atoms with van der Waals surface area (Å²) >= 11 is 0. The molecule has 0 amide bonds. The number of anilines is 4. The number of aromatic nitrogens is 3. The van der Waals surface area contributed by atoms with Crippen molar-refractivity contribution in [3.8, 4) is 22.5 Å². The van der Waals surface area contributed by atoms with Gasteiger partial charge in [-0.3, -0.25) is 9.13 Å². The highest BCUT2D eigenvalue weighted by Crippen LogP contribution is 2.60. The number of hydrogen-bond acceptors (Lipinski definition) is 3. The maximum absolute atomic E-state index is 5.30. The number of hydrogen-bond donors (Lipinski definition) is 0. The summed E-state index contributed by atoms with van der Waals surface area (Å²) in [4.78, 5) is 10.4. The number of imidazole rings is 1. The zero-order valence-electron chi connectivity index (χ0n) is 20.9. The lowest BCUT2D eigenvalue weighted by Crippen LogP contribution is -2.59. The second kappa shape index (κ2) is 6.80. The first-order valence-corrected chi connectivity index (χ1v) is 13.4. The highest BCUT2D eigenvalue weighted by Gasteiger charge is 2.54. The molecule has 0 saturated heterocycles. The number of nitrogens with zero attached hydrogens (tertiary/aromatic N) is 5. The van der Waals surface area contributed by atoms with E-state index in [1.807, 2.05) is 0 Å². The van der Waals surface area contributed by atoms with Gasteiger partial charge in [-0.1, -0.05) is 72.8 Å². The number of benzene rings is 5. The average molecular weight is 497 g/mol. The molecule has 7 aromatic rings. The molecule has 3 aliphatic heterocycles. The van der Waals surface area contributed by atoms with Crippen LogP contribution >= 0.6 is 0 Å². The van der Waals surface area contributed by atoms with Gasteiger partial charge in [-0.05, 0) is 54.1 Å². The Morgan fingerprint density at radius 1 is 0.513 bits per heavy atom. The molecular weight excluding hydrogens is 477 g/mol. The van der Waals surface area contributed by atoms with Gasteiger partial charge >= 0.3 is 6.98 Å². The van der Waals surface area contributed by atoms with Crippen molar-refractivity contribution in [2.45, 2.75) is 0 Å². The zero-order chi connectivity index (χ0) is 25.2. The quantitative estimate of drug-likeness (QED) is 0.230. The van der Waals surface area contributed by atoms with E-state index in [1.54, 1.807) is 0 Å². The van der Waals surface area contributed by atoms with E-state index >= 15 is 0 Å². The first kappa shape index (κ1) is 19.8. The highest BCUT2D eigenvalue weighted by molar-refractivity contribution is 6.85. The summed E-state index contributed by atoms with van der Waals surface area (Å²) in [6, 6.07) is 43.5. The summed E-state index contributed by atoms with van der Waals surface area (Å²) in [6.07, 6.45) is 0. The summed E-state index contributed by atoms with van der Waals surface area (Å²) in [5, 5.41) is 1.30. The van der Waals surface area contributed by atoms with Crippen molar-refractivity contribution in [2.24, 2.45) is 0 Å². The fourth-order valence-corrected chi connectivity index (χ4v) is 7.14. The molecule has 5 nitrogen and oxygen atoms in total. The lowest BCUT2D eigenvalue weighted by molar-refractivity contribution is 1.06. The lowest BCUT2D eigenvalue weighted by atomic mass is 9.68. The number of rotatable bonds is 1. The van der Waals surface area contributed by atoms with Gasteiger partial charge in [-0.25, -0.2) is 4.98 Å². The SMILES string of the molecule is c1ccc(-n2c3c4c5c(cccc52)-c2ccccc2N4B2c4nc5ccccc5n4-c4ccccc4N23)cc1. The topological polar surface area (TPSA) is 29.2 Å². The Kier molecular flexibility index (Phi) is 3.46. The Hall–Kier alpha value is -5.23. The Bertz CT molecular complexity index is 2160. The van der Waals surface area contributed by atoms with Gasteiger partial charge in [0.2, 0.25) is 0 Å². The van der Waals surface area contributed by atoms with Crippen LogP contribution in [-0.2, 0) is 0 Å². The Labute approximate surface area is 224 Å². The molecule has 10 rings (SSSR count). The molecule has 0 fully saturated rings. The number of para-hydroxylation sites is 6. The molecule has 39 heavy (non-hydrogen) atoms. The van der Waals surface area contributed by atoms with Gasteiger partial charge < -0.3 is 9.62 Å². The van der Waals surface area contributed by atoms with E-state index in [9.17, 15) is 0 Å². The van der Waals surface area contributed by atoms with Crippen LogP contribution < -0.4 is 15.3 Å². The van der Waals surface area contributed by atoms with E-state index in [-0.39, 0.29) is 6.98 Å². The molecule has 2 aromatic heterocycles. The van der Waals surface area contributed by atoms with E-state index in [4.69, 9.17) is 4.98 Å². The van der Waals surface area contributed by atoms with Crippen LogP contribution in [0, 0.1) is 0 Å². The predicted molar refractivity (Wildman–Crippen MR) is 159 cm³/mol. The van der Waals surface area contributed by atoms with Crippen molar-refractivity contribution in [3.05, 3.63) is 121 Å². The van der Waals surface area contributed by atoms with Crippen LogP contribution in [0.25, 0.3) is 44.4 Å². The molecule has 0 unspecified atom stereocenters. The molecule has 6 heteroatoms. The van der Waals surface area contributed by atoms with Gasteiger partial charge in [-0.2, -0.15) is 0 Å². The van der Waals surface area contributed by atoms with Crippen molar-refractivity contribution >= 4 is 57.5 Å². The lowest BCUT2D eigenvalue weighted by Gasteiger charge is -2.37. The van der Waals surface area contributed by atoms with Crippen LogP contribution in [0.4, 0.5) is 22.9 Å². The van der Waals surface area contributed by atoms with Gasteiger partial charge in [0, 0.05) is 22.3 Å². The van der Waals surface area contributed by atoms with E-state index in [2.05, 4.69) is 140 Å². The third-order valence-electron chi connectivity index (χ3n) is 8.57. The van der Waals surface area contributed by atoms with Gasteiger partial charge in [0.25, 0.3) is 0 Å². The van der Waals surface area contributed by atoms with E-state index in [0.29, 0.717) is 0 Å². The standard InChI is InChI=1S/C33H20BN5/c1-2-11-21(12-3-1)36-29-20-10-14-23-22-13-4-6-16-25(22)38-31(30(23)29)32(36)39-28-19-9-8-18-27(28)37-26-17-7-5-15-24(26)35-33(37)34(38)39/h1-20H. The van der Waals surface area contributed by atoms with Gasteiger partial charge in [0.15, 0.2) is 0 Å². The van der Waals surface area contributed by atoms with E-state index < -0.39 is 0 Å². The van der Waals surface area contributed by atoms with Crippen LogP contribution in [0.1, 0.15) is 0 Å². The summed E-state index contributed by atoms with van der Waals surface area (Å²) in [6.45, 7) is -0.119. The molecule has 3 aliphatic rings. The minimum Gasteiger partial charge on any atom is -0.355 e. The van der Waals surface area contributed by atoms with E-state index in [0.717, 1.165) is 28.1 Å². The van der Waals surface area contributed by atoms with Crippen molar-refractivity contribution in [2.75, 3.05) is 9.62 Å². The van der Waals surface area contributed by atoms with Crippen molar-refractivity contribution < 1.29 is 0 Å². The zero-order valence-corrected chi connectivity index (χ0v) is 20.9. The van der Waals surface area contributed by atoms with Gasteiger partial charge in [0.05, 0.1) is 33.6 Å². The molecule has 5 aromatic carbocycles. The van der Waals surface area contributed by atoms with Crippen molar-refractivity contribution in [3.63, 3.8) is 0 Å². The molecule has 0 bridgehead atoms. The fraction of sp³-hybridized carbons (Fsp3) is 0. The van der Waals surface area contributed by atoms with Crippen LogP contribution in [-0.4, -0.2) is 21.1 Å². The van der Waals surface area contributed by atoms with E-state index in [1.165, 1.54) is 44.9 Å². The Balaban J connectivity index is 1.42. The smallest absolute Gasteiger partial charge is 0.355 e. The maximum Gasteiger partial charge on any atom is 0.460 e. The summed E-state index contributed by atoms with van der Waals surface area (Å²) in [5.41, 5.74) is 12.9. The third kappa shape index (κ3) is 2.24. The molecule has 0 N–H and O–H groups in total. The normalized spacial score (nSPS) is 14.0. The van der Waals surface area contributed by atoms with Gasteiger partial charge in [-0.15, -0.1) is 0 Å². The molecule has 0 atom stereocenters. The molecule has 5 heterocycles. The minimum absolute atomic E-state index is 0.119. The fourth-order valence-electron chi connectivity index (χ4n) is 7.14. The molecule has 0 aliphatic carbocycles. The Morgan fingerprint density at radius 2 is 1.21 bits per heavy atom. The average Bonchev–Trinajstić information content (AvgIpc) is 3.66. The summed E-state index contributed by atoms with van der Waals surface area (Å²) in [7, 11) is 0. The predicted octanol–water partition coefficient (Wildman–Crippen LogP) is 6.95. The maximum atomic E-state index is 5.30. The van der Waals surface area contributed by atoms with Gasteiger partial charge in [0.1, 0.15) is 11.5 Å². The molecule has 180 valence electrons. The number of fused-ring (bicyclic) bond motifs is 13. The molecular formula is C33H20BN5. The third-order valence-corrected chi connectivity index (χ3v) is 8.57. The molecule has 0 spiro atoms. The minimum atomic E-state index is -0.119. The second-order valence-corrected chi connectivity index (χ2v) is 10.5. The first-order chi connectivity index (χ1) is 19.4.